The number of aromatic nitrogens is 2. The van der Waals surface area contributed by atoms with Gasteiger partial charge in [-0.3, -0.25) is 9.36 Å². The summed E-state index contributed by atoms with van der Waals surface area (Å²) < 4.78 is 2.17. The minimum Gasteiger partial charge on any atom is -0.294 e. The van der Waals surface area contributed by atoms with Gasteiger partial charge in [-0.05, 0) is 53.4 Å². The van der Waals surface area contributed by atoms with Crippen molar-refractivity contribution >= 4 is 15.9 Å². The van der Waals surface area contributed by atoms with Crippen LogP contribution in [0.1, 0.15) is 22.4 Å². The minimum atomic E-state index is -0.0369. The lowest BCUT2D eigenvalue weighted by atomic mass is 10.0. The molecule has 0 N–H and O–H groups in total. The summed E-state index contributed by atoms with van der Waals surface area (Å²) in [6.07, 6.45) is 1.61. The van der Waals surface area contributed by atoms with Gasteiger partial charge in [0.05, 0.1) is 18.6 Å². The van der Waals surface area contributed by atoms with Gasteiger partial charge < -0.3 is 0 Å². The molecule has 18 heavy (non-hydrogen) atoms. The Morgan fingerprint density at radius 1 is 1.22 bits per heavy atom. The molecule has 0 saturated heterocycles. The zero-order valence-corrected chi connectivity index (χ0v) is 12.3. The molecule has 0 unspecified atom stereocenters. The first kappa shape index (κ1) is 13.0. The van der Waals surface area contributed by atoms with Crippen LogP contribution in [0.15, 0.2) is 33.8 Å². The first-order valence-corrected chi connectivity index (χ1v) is 6.56. The Balaban J connectivity index is 2.47. The molecule has 0 spiro atoms. The fourth-order valence-electron chi connectivity index (χ4n) is 1.93. The van der Waals surface area contributed by atoms with Gasteiger partial charge in [0.1, 0.15) is 4.47 Å². The van der Waals surface area contributed by atoms with E-state index in [4.69, 9.17) is 0 Å². The lowest BCUT2D eigenvalue weighted by molar-refractivity contribution is 0.718. The molecule has 1 heterocycles. The topological polar surface area (TPSA) is 34.9 Å². The van der Waals surface area contributed by atoms with Crippen molar-refractivity contribution in [2.45, 2.75) is 27.3 Å². The molecule has 2 rings (SSSR count). The molecular weight excluding hydrogens is 292 g/mol. The van der Waals surface area contributed by atoms with Crippen molar-refractivity contribution in [3.8, 4) is 0 Å². The molecule has 0 atom stereocenters. The normalized spacial score (nSPS) is 10.7. The van der Waals surface area contributed by atoms with Gasteiger partial charge in [0.25, 0.3) is 5.56 Å². The van der Waals surface area contributed by atoms with Crippen molar-refractivity contribution in [3.63, 3.8) is 0 Å². The van der Waals surface area contributed by atoms with E-state index in [2.05, 4.69) is 46.9 Å². The first-order valence-electron chi connectivity index (χ1n) is 5.77. The fourth-order valence-corrected chi connectivity index (χ4v) is 2.26. The third-order valence-electron chi connectivity index (χ3n) is 3.13. The van der Waals surface area contributed by atoms with Crippen LogP contribution >= 0.6 is 15.9 Å². The largest absolute Gasteiger partial charge is 0.294 e. The van der Waals surface area contributed by atoms with Crippen LogP contribution in [0.5, 0.6) is 0 Å². The molecule has 0 amide bonds. The van der Waals surface area contributed by atoms with Crippen LogP contribution in [0, 0.1) is 20.8 Å². The third kappa shape index (κ3) is 2.38. The number of hydrogen-bond donors (Lipinski definition) is 0. The standard InChI is InChI=1S/C14H15BrN2O/c1-9-5-4-6-10(2)12(9)7-17-8-16-11(3)13(15)14(17)18/h4-6,8H,7H2,1-3H3. The summed E-state index contributed by atoms with van der Waals surface area (Å²) >= 11 is 3.28. The van der Waals surface area contributed by atoms with Gasteiger partial charge in [-0.25, -0.2) is 4.98 Å². The lowest BCUT2D eigenvalue weighted by Gasteiger charge is -2.12. The van der Waals surface area contributed by atoms with E-state index in [-0.39, 0.29) is 5.56 Å². The zero-order valence-electron chi connectivity index (χ0n) is 10.7. The Labute approximate surface area is 115 Å². The highest BCUT2D eigenvalue weighted by molar-refractivity contribution is 9.10. The third-order valence-corrected chi connectivity index (χ3v) is 4.04. The Morgan fingerprint density at radius 2 is 1.83 bits per heavy atom. The summed E-state index contributed by atoms with van der Waals surface area (Å²) in [5.41, 5.74) is 4.25. The molecule has 1 aromatic carbocycles. The first-order chi connectivity index (χ1) is 8.50. The predicted octanol–water partition coefficient (Wildman–Crippen LogP) is 2.98. The van der Waals surface area contributed by atoms with E-state index in [0.29, 0.717) is 11.0 Å². The number of halogens is 1. The van der Waals surface area contributed by atoms with Crippen LogP contribution in [0.25, 0.3) is 0 Å². The van der Waals surface area contributed by atoms with Crippen molar-refractivity contribution in [2.24, 2.45) is 0 Å². The predicted molar refractivity (Wildman–Crippen MR) is 76.0 cm³/mol. The van der Waals surface area contributed by atoms with Crippen molar-refractivity contribution in [2.75, 3.05) is 0 Å². The van der Waals surface area contributed by atoms with E-state index in [1.165, 1.54) is 16.7 Å². The quantitative estimate of drug-likeness (QED) is 0.855. The van der Waals surface area contributed by atoms with Gasteiger partial charge in [0.15, 0.2) is 0 Å². The molecule has 0 bridgehead atoms. The van der Waals surface area contributed by atoms with Crippen LogP contribution in [-0.4, -0.2) is 9.55 Å². The second-order valence-corrected chi connectivity index (χ2v) is 5.24. The molecule has 0 aliphatic carbocycles. The molecule has 0 aliphatic heterocycles. The van der Waals surface area contributed by atoms with Crippen molar-refractivity contribution < 1.29 is 0 Å². The maximum atomic E-state index is 12.1. The van der Waals surface area contributed by atoms with Gasteiger partial charge in [-0.1, -0.05) is 18.2 Å². The zero-order chi connectivity index (χ0) is 13.3. The second-order valence-electron chi connectivity index (χ2n) is 4.45. The van der Waals surface area contributed by atoms with Crippen molar-refractivity contribution in [1.29, 1.82) is 0 Å². The van der Waals surface area contributed by atoms with E-state index >= 15 is 0 Å². The molecular formula is C14H15BrN2O. The van der Waals surface area contributed by atoms with Crippen LogP contribution < -0.4 is 5.56 Å². The molecule has 3 nitrogen and oxygen atoms in total. The smallest absolute Gasteiger partial charge is 0.268 e. The van der Waals surface area contributed by atoms with E-state index in [1.807, 2.05) is 13.0 Å². The van der Waals surface area contributed by atoms with E-state index in [9.17, 15) is 4.79 Å². The lowest BCUT2D eigenvalue weighted by Crippen LogP contribution is -2.23. The highest BCUT2D eigenvalue weighted by Crippen LogP contribution is 2.14. The molecule has 0 aliphatic rings. The van der Waals surface area contributed by atoms with Crippen LogP contribution in [0.4, 0.5) is 0 Å². The Bertz CT molecular complexity index is 626. The average molecular weight is 307 g/mol. The number of rotatable bonds is 2. The van der Waals surface area contributed by atoms with Crippen molar-refractivity contribution in [3.05, 3.63) is 61.7 Å². The number of hydrogen-bond acceptors (Lipinski definition) is 2. The van der Waals surface area contributed by atoms with Gasteiger partial charge >= 0.3 is 0 Å². The van der Waals surface area contributed by atoms with E-state index in [0.717, 1.165) is 5.69 Å². The fraction of sp³-hybridized carbons (Fsp3) is 0.286. The maximum Gasteiger partial charge on any atom is 0.268 e. The molecule has 0 fully saturated rings. The van der Waals surface area contributed by atoms with Gasteiger partial charge in [-0.2, -0.15) is 0 Å². The average Bonchev–Trinajstić information content (AvgIpc) is 2.34. The van der Waals surface area contributed by atoms with Crippen LogP contribution in [0.3, 0.4) is 0 Å². The summed E-state index contributed by atoms with van der Waals surface area (Å²) in [4.78, 5) is 16.3. The Kier molecular flexibility index (Phi) is 3.66. The SMILES string of the molecule is Cc1cccc(C)c1Cn1cnc(C)c(Br)c1=O. The number of nitrogens with zero attached hydrogens (tertiary/aromatic N) is 2. The maximum absolute atomic E-state index is 12.1. The summed E-state index contributed by atoms with van der Waals surface area (Å²) in [6, 6.07) is 6.15. The highest BCUT2D eigenvalue weighted by atomic mass is 79.9. The highest BCUT2D eigenvalue weighted by Gasteiger charge is 2.08. The van der Waals surface area contributed by atoms with Gasteiger partial charge in [-0.15, -0.1) is 0 Å². The molecule has 0 saturated carbocycles. The molecule has 4 heteroatoms. The summed E-state index contributed by atoms with van der Waals surface area (Å²) in [7, 11) is 0. The summed E-state index contributed by atoms with van der Waals surface area (Å²) in [6.45, 7) is 6.49. The molecule has 0 radical (unpaired) electrons. The van der Waals surface area contributed by atoms with Crippen LogP contribution in [-0.2, 0) is 6.54 Å². The van der Waals surface area contributed by atoms with Gasteiger partial charge in [0.2, 0.25) is 0 Å². The Morgan fingerprint density at radius 3 is 2.44 bits per heavy atom. The molecule has 1 aromatic heterocycles. The van der Waals surface area contributed by atoms with Crippen molar-refractivity contribution in [1.82, 2.24) is 9.55 Å². The van der Waals surface area contributed by atoms with Gasteiger partial charge in [0, 0.05) is 0 Å². The Hall–Kier alpha value is -1.42. The molecule has 94 valence electrons. The summed E-state index contributed by atoms with van der Waals surface area (Å²) in [5, 5.41) is 0. The molecule has 2 aromatic rings. The monoisotopic (exact) mass is 306 g/mol. The number of benzene rings is 1. The van der Waals surface area contributed by atoms with E-state index < -0.39 is 0 Å². The van der Waals surface area contributed by atoms with Crippen LogP contribution in [0.2, 0.25) is 0 Å². The summed E-state index contributed by atoms with van der Waals surface area (Å²) in [5.74, 6) is 0. The number of aryl methyl sites for hydroxylation is 3. The van der Waals surface area contributed by atoms with E-state index in [1.54, 1.807) is 10.9 Å². The minimum absolute atomic E-state index is 0.0369. The second kappa shape index (κ2) is 5.06.